The number of benzene rings is 1. The lowest BCUT2D eigenvalue weighted by molar-refractivity contribution is 0.260. The Bertz CT molecular complexity index is 494. The van der Waals surface area contributed by atoms with E-state index in [1.165, 1.54) is 43.6 Å². The Hall–Kier alpha value is -1.02. The van der Waals surface area contributed by atoms with Crippen molar-refractivity contribution in [1.29, 1.82) is 0 Å². The smallest absolute Gasteiger partial charge is 0.0399 e. The number of fused-ring (bicyclic) bond motifs is 1. The monoisotopic (exact) mass is 286 g/mol. The lowest BCUT2D eigenvalue weighted by atomic mass is 9.84. The van der Waals surface area contributed by atoms with Crippen molar-refractivity contribution in [2.45, 2.75) is 46.1 Å². The molecular formula is C19H30N2. The Labute approximate surface area is 129 Å². The zero-order chi connectivity index (χ0) is 15.0. The van der Waals surface area contributed by atoms with E-state index >= 15 is 0 Å². The molecule has 0 radical (unpaired) electrons. The van der Waals surface area contributed by atoms with E-state index in [1.807, 2.05) is 0 Å². The summed E-state index contributed by atoms with van der Waals surface area (Å²) in [5.74, 6) is 1.53. The Morgan fingerprint density at radius 1 is 1.29 bits per heavy atom. The van der Waals surface area contributed by atoms with Crippen LogP contribution in [-0.2, 0) is 6.42 Å². The minimum Gasteiger partial charge on any atom is -0.371 e. The van der Waals surface area contributed by atoms with Gasteiger partial charge in [-0.15, -0.1) is 0 Å². The van der Waals surface area contributed by atoms with Crippen LogP contribution in [0.4, 0.5) is 5.69 Å². The number of hydrogen-bond donors (Lipinski definition) is 1. The fourth-order valence-corrected chi connectivity index (χ4v) is 4.70. The maximum Gasteiger partial charge on any atom is 0.0399 e. The molecule has 1 aliphatic heterocycles. The third-order valence-electron chi connectivity index (χ3n) is 5.67. The van der Waals surface area contributed by atoms with Crippen molar-refractivity contribution >= 4 is 5.69 Å². The molecule has 1 aliphatic carbocycles. The van der Waals surface area contributed by atoms with Crippen LogP contribution in [0.3, 0.4) is 0 Å². The van der Waals surface area contributed by atoms with Crippen molar-refractivity contribution in [3.63, 3.8) is 0 Å². The average Bonchev–Trinajstić information content (AvgIpc) is 2.73. The molecular weight excluding hydrogens is 256 g/mol. The Balaban J connectivity index is 1.79. The van der Waals surface area contributed by atoms with Gasteiger partial charge in [-0.1, -0.05) is 39.0 Å². The first-order chi connectivity index (χ1) is 10.0. The molecule has 1 aromatic carbocycles. The van der Waals surface area contributed by atoms with E-state index in [2.05, 4.69) is 62.3 Å². The number of nitrogens with one attached hydrogen (secondary N) is 1. The zero-order valence-corrected chi connectivity index (χ0v) is 14.0. The Kier molecular flexibility index (Phi) is 4.00. The van der Waals surface area contributed by atoms with E-state index in [0.29, 0.717) is 11.5 Å². The first kappa shape index (κ1) is 14.9. The van der Waals surface area contributed by atoms with Crippen LogP contribution in [-0.4, -0.2) is 26.2 Å². The molecule has 1 aromatic rings. The molecule has 0 saturated heterocycles. The lowest BCUT2D eigenvalue weighted by Gasteiger charge is -2.39. The van der Waals surface area contributed by atoms with Crippen LogP contribution in [0.5, 0.6) is 0 Å². The number of hydrogen-bond acceptors (Lipinski definition) is 2. The van der Waals surface area contributed by atoms with Crippen LogP contribution in [0, 0.1) is 17.3 Å². The van der Waals surface area contributed by atoms with Gasteiger partial charge in [0.2, 0.25) is 0 Å². The second-order valence-corrected chi connectivity index (χ2v) is 7.90. The molecule has 2 heteroatoms. The van der Waals surface area contributed by atoms with Crippen LogP contribution in [0.15, 0.2) is 24.3 Å². The molecule has 0 aromatic heterocycles. The van der Waals surface area contributed by atoms with Crippen LogP contribution in [0.1, 0.15) is 39.2 Å². The molecule has 0 spiro atoms. The van der Waals surface area contributed by atoms with E-state index in [4.69, 9.17) is 0 Å². The Morgan fingerprint density at radius 3 is 2.81 bits per heavy atom. The predicted molar refractivity (Wildman–Crippen MR) is 90.9 cm³/mol. The minimum absolute atomic E-state index is 0.431. The first-order valence-electron chi connectivity index (χ1n) is 8.51. The zero-order valence-electron chi connectivity index (χ0n) is 14.0. The molecule has 1 heterocycles. The highest BCUT2D eigenvalue weighted by molar-refractivity contribution is 5.55. The van der Waals surface area contributed by atoms with Crippen molar-refractivity contribution in [3.8, 4) is 0 Å². The molecule has 3 rings (SSSR count). The summed E-state index contributed by atoms with van der Waals surface area (Å²) in [6.45, 7) is 9.64. The molecule has 2 nitrogen and oxygen atoms in total. The summed E-state index contributed by atoms with van der Waals surface area (Å²) in [6.07, 6.45) is 3.93. The van der Waals surface area contributed by atoms with Crippen molar-refractivity contribution in [1.82, 2.24) is 5.32 Å². The van der Waals surface area contributed by atoms with Gasteiger partial charge in [0.05, 0.1) is 0 Å². The van der Waals surface area contributed by atoms with Gasteiger partial charge in [-0.05, 0) is 55.2 Å². The highest BCUT2D eigenvalue weighted by Crippen LogP contribution is 2.42. The molecule has 1 N–H and O–H groups in total. The molecule has 0 amide bonds. The quantitative estimate of drug-likeness (QED) is 0.911. The van der Waals surface area contributed by atoms with Crippen LogP contribution in [0.2, 0.25) is 0 Å². The second-order valence-electron chi connectivity index (χ2n) is 7.90. The van der Waals surface area contributed by atoms with Gasteiger partial charge in [0.15, 0.2) is 0 Å². The average molecular weight is 286 g/mol. The topological polar surface area (TPSA) is 15.3 Å². The van der Waals surface area contributed by atoms with E-state index in [9.17, 15) is 0 Å². The van der Waals surface area contributed by atoms with Gasteiger partial charge in [0.25, 0.3) is 0 Å². The molecule has 3 atom stereocenters. The number of para-hydroxylation sites is 1. The second kappa shape index (κ2) is 5.64. The molecule has 116 valence electrons. The molecule has 0 bridgehead atoms. The van der Waals surface area contributed by atoms with E-state index < -0.39 is 0 Å². The van der Waals surface area contributed by atoms with Crippen LogP contribution < -0.4 is 10.2 Å². The van der Waals surface area contributed by atoms with Gasteiger partial charge in [-0.25, -0.2) is 0 Å². The third-order valence-corrected chi connectivity index (χ3v) is 5.67. The van der Waals surface area contributed by atoms with Crippen LogP contribution >= 0.6 is 0 Å². The maximum absolute atomic E-state index is 3.60. The molecule has 1 saturated carbocycles. The van der Waals surface area contributed by atoms with Gasteiger partial charge >= 0.3 is 0 Å². The molecule has 2 aliphatic rings. The van der Waals surface area contributed by atoms with Crippen molar-refractivity contribution in [2.24, 2.45) is 17.3 Å². The standard InChI is InChI=1S/C19H30N2/c1-14-11-15-7-5-6-8-17(15)21(12-14)13-16-9-10-19(2,3)18(16)20-4/h5-8,14,16,18,20H,9-13H2,1-4H3. The number of nitrogens with zero attached hydrogens (tertiary/aromatic N) is 1. The molecule has 1 fully saturated rings. The highest BCUT2D eigenvalue weighted by Gasteiger charge is 2.41. The number of rotatable bonds is 3. The largest absolute Gasteiger partial charge is 0.371 e. The Morgan fingerprint density at radius 2 is 2.05 bits per heavy atom. The summed E-state index contributed by atoms with van der Waals surface area (Å²) >= 11 is 0. The summed E-state index contributed by atoms with van der Waals surface area (Å²) in [7, 11) is 2.14. The van der Waals surface area contributed by atoms with Crippen molar-refractivity contribution < 1.29 is 0 Å². The van der Waals surface area contributed by atoms with Gasteiger partial charge in [-0.2, -0.15) is 0 Å². The highest BCUT2D eigenvalue weighted by atomic mass is 15.1. The first-order valence-corrected chi connectivity index (χ1v) is 8.51. The molecule has 21 heavy (non-hydrogen) atoms. The summed E-state index contributed by atoms with van der Waals surface area (Å²) in [4.78, 5) is 2.65. The fraction of sp³-hybridized carbons (Fsp3) is 0.684. The fourth-order valence-electron chi connectivity index (χ4n) is 4.70. The SMILES string of the molecule is CNC1C(CN2CC(C)Cc3ccccc32)CCC1(C)C. The van der Waals surface area contributed by atoms with Gasteiger partial charge < -0.3 is 10.2 Å². The van der Waals surface area contributed by atoms with Gasteiger partial charge in [-0.3, -0.25) is 0 Å². The van der Waals surface area contributed by atoms with E-state index in [1.54, 1.807) is 0 Å². The third kappa shape index (κ3) is 2.83. The summed E-state index contributed by atoms with van der Waals surface area (Å²) in [6, 6.07) is 9.64. The van der Waals surface area contributed by atoms with Gasteiger partial charge in [0.1, 0.15) is 0 Å². The summed E-state index contributed by atoms with van der Waals surface area (Å²) < 4.78 is 0. The van der Waals surface area contributed by atoms with Crippen molar-refractivity contribution in [3.05, 3.63) is 29.8 Å². The van der Waals surface area contributed by atoms with E-state index in [0.717, 1.165) is 11.8 Å². The normalized spacial score (nSPS) is 31.2. The van der Waals surface area contributed by atoms with E-state index in [-0.39, 0.29) is 0 Å². The predicted octanol–water partition coefficient (Wildman–Crippen LogP) is 3.71. The summed E-state index contributed by atoms with van der Waals surface area (Å²) in [5, 5.41) is 3.60. The van der Waals surface area contributed by atoms with Crippen LogP contribution in [0.25, 0.3) is 0 Å². The van der Waals surface area contributed by atoms with Gasteiger partial charge in [0, 0.05) is 24.8 Å². The lowest BCUT2D eigenvalue weighted by Crippen LogP contribution is -2.46. The minimum atomic E-state index is 0.431. The number of anilines is 1. The maximum atomic E-state index is 3.60. The van der Waals surface area contributed by atoms with Crippen molar-refractivity contribution in [2.75, 3.05) is 25.0 Å². The molecule has 3 unspecified atom stereocenters. The summed E-state index contributed by atoms with van der Waals surface area (Å²) in [5.41, 5.74) is 3.45.